The van der Waals surface area contributed by atoms with E-state index in [0.29, 0.717) is 22.1 Å². The Morgan fingerprint density at radius 1 is 1.15 bits per heavy atom. The molecule has 0 bridgehead atoms. The number of hydrazone groups is 1. The molecule has 11 heteroatoms. The summed E-state index contributed by atoms with van der Waals surface area (Å²) in [6.07, 6.45) is -5.40. The second-order valence-electron chi connectivity index (χ2n) is 7.38. The molecule has 1 amide bonds. The SMILES string of the molecule is Cc1cc(Cl)ccc1OCC(=O)N/N=C/c1ccc(OC2OC(CO)C(O)C(O)C2O)cc1. The van der Waals surface area contributed by atoms with Gasteiger partial charge in [-0.15, -0.1) is 0 Å². The summed E-state index contributed by atoms with van der Waals surface area (Å²) >= 11 is 5.89. The number of hydrogen-bond acceptors (Lipinski definition) is 9. The topological polar surface area (TPSA) is 150 Å². The maximum Gasteiger partial charge on any atom is 0.277 e. The molecule has 1 aliphatic rings. The summed E-state index contributed by atoms with van der Waals surface area (Å²) in [5.74, 6) is 0.420. The minimum Gasteiger partial charge on any atom is -0.483 e. The van der Waals surface area contributed by atoms with E-state index in [9.17, 15) is 25.2 Å². The molecule has 0 aliphatic carbocycles. The molecule has 2 aromatic carbocycles. The van der Waals surface area contributed by atoms with Crippen LogP contribution in [0.15, 0.2) is 47.6 Å². The summed E-state index contributed by atoms with van der Waals surface area (Å²) in [6.45, 7) is 1.06. The molecule has 0 spiro atoms. The first-order valence-corrected chi connectivity index (χ1v) is 10.4. The van der Waals surface area contributed by atoms with Crippen LogP contribution in [0.4, 0.5) is 0 Å². The molecule has 2 aromatic rings. The molecule has 33 heavy (non-hydrogen) atoms. The molecule has 1 fully saturated rings. The van der Waals surface area contributed by atoms with E-state index in [1.165, 1.54) is 6.21 Å². The van der Waals surface area contributed by atoms with Crippen LogP contribution in [0.1, 0.15) is 11.1 Å². The average Bonchev–Trinajstić information content (AvgIpc) is 2.80. The molecular weight excluding hydrogens is 456 g/mol. The van der Waals surface area contributed by atoms with Crippen LogP contribution in [0, 0.1) is 6.92 Å². The van der Waals surface area contributed by atoms with E-state index < -0.39 is 43.2 Å². The van der Waals surface area contributed by atoms with Crippen LogP contribution in [0.25, 0.3) is 0 Å². The number of halogens is 1. The number of amides is 1. The zero-order valence-corrected chi connectivity index (χ0v) is 18.4. The Hall–Kier alpha value is -2.73. The summed E-state index contributed by atoms with van der Waals surface area (Å²) < 4.78 is 16.3. The largest absolute Gasteiger partial charge is 0.483 e. The van der Waals surface area contributed by atoms with Crippen LogP contribution in [-0.4, -0.2) is 76.5 Å². The monoisotopic (exact) mass is 480 g/mol. The van der Waals surface area contributed by atoms with Crippen LogP contribution in [0.3, 0.4) is 0 Å². The lowest BCUT2D eigenvalue weighted by Crippen LogP contribution is -2.60. The van der Waals surface area contributed by atoms with E-state index in [0.717, 1.165) is 5.56 Å². The van der Waals surface area contributed by atoms with Gasteiger partial charge in [-0.1, -0.05) is 11.6 Å². The van der Waals surface area contributed by atoms with Crippen molar-refractivity contribution in [2.24, 2.45) is 5.10 Å². The van der Waals surface area contributed by atoms with E-state index in [-0.39, 0.29) is 6.61 Å². The van der Waals surface area contributed by atoms with E-state index in [1.54, 1.807) is 42.5 Å². The first-order valence-electron chi connectivity index (χ1n) is 10.1. The van der Waals surface area contributed by atoms with Gasteiger partial charge in [0.25, 0.3) is 5.91 Å². The summed E-state index contributed by atoms with van der Waals surface area (Å²) in [7, 11) is 0. The van der Waals surface area contributed by atoms with E-state index in [1.807, 2.05) is 6.92 Å². The zero-order chi connectivity index (χ0) is 24.0. The van der Waals surface area contributed by atoms with Gasteiger partial charge in [-0.25, -0.2) is 5.43 Å². The van der Waals surface area contributed by atoms with E-state index in [4.69, 9.17) is 25.8 Å². The van der Waals surface area contributed by atoms with Crippen molar-refractivity contribution in [2.75, 3.05) is 13.2 Å². The number of nitrogens with zero attached hydrogens (tertiary/aromatic N) is 1. The number of aliphatic hydroxyl groups is 4. The van der Waals surface area contributed by atoms with Crippen molar-refractivity contribution in [3.05, 3.63) is 58.6 Å². The summed E-state index contributed by atoms with van der Waals surface area (Å²) in [6, 6.07) is 11.5. The standard InChI is InChI=1S/C22H25ClN2O8/c1-12-8-14(23)4-7-16(12)31-11-18(27)25-24-9-13-2-5-15(6-3-13)32-22-21(30)20(29)19(28)17(10-26)33-22/h2-9,17,19-22,26,28-30H,10-11H2,1H3,(H,25,27)/b24-9+. The lowest BCUT2D eigenvalue weighted by atomic mass is 9.99. The van der Waals surface area contributed by atoms with Crippen LogP contribution >= 0.6 is 11.6 Å². The second kappa shape index (κ2) is 11.4. The van der Waals surface area contributed by atoms with Crippen molar-refractivity contribution >= 4 is 23.7 Å². The fraction of sp³-hybridized carbons (Fsp3) is 0.364. The number of hydrogen-bond donors (Lipinski definition) is 5. The highest BCUT2D eigenvalue weighted by Crippen LogP contribution is 2.24. The molecule has 1 aliphatic heterocycles. The molecule has 5 N–H and O–H groups in total. The molecule has 0 aromatic heterocycles. The van der Waals surface area contributed by atoms with Gasteiger partial charge in [0, 0.05) is 5.02 Å². The van der Waals surface area contributed by atoms with Crippen LogP contribution in [-0.2, 0) is 9.53 Å². The first kappa shape index (κ1) is 24.9. The van der Waals surface area contributed by atoms with Gasteiger partial charge in [0.2, 0.25) is 6.29 Å². The Bertz CT molecular complexity index is 969. The summed E-state index contributed by atoms with van der Waals surface area (Å²) in [5.41, 5.74) is 3.81. The van der Waals surface area contributed by atoms with Crippen molar-refractivity contribution in [1.29, 1.82) is 0 Å². The normalized spacial score (nSPS) is 25.1. The Morgan fingerprint density at radius 2 is 1.88 bits per heavy atom. The molecule has 3 rings (SSSR count). The van der Waals surface area contributed by atoms with Gasteiger partial charge in [0.15, 0.2) is 6.61 Å². The lowest BCUT2D eigenvalue weighted by Gasteiger charge is -2.39. The molecule has 5 atom stereocenters. The number of ether oxygens (including phenoxy) is 3. The molecule has 10 nitrogen and oxygen atoms in total. The van der Waals surface area contributed by atoms with Gasteiger partial charge in [-0.2, -0.15) is 5.10 Å². The third kappa shape index (κ3) is 6.64. The zero-order valence-electron chi connectivity index (χ0n) is 17.7. The van der Waals surface area contributed by atoms with Crippen molar-refractivity contribution < 1.29 is 39.4 Å². The van der Waals surface area contributed by atoms with Gasteiger partial charge in [-0.3, -0.25) is 4.79 Å². The fourth-order valence-corrected chi connectivity index (χ4v) is 3.29. The maximum absolute atomic E-state index is 11.9. The molecule has 5 unspecified atom stereocenters. The minimum atomic E-state index is -1.52. The number of aliphatic hydroxyl groups excluding tert-OH is 4. The van der Waals surface area contributed by atoms with Gasteiger partial charge >= 0.3 is 0 Å². The molecule has 0 saturated carbocycles. The minimum absolute atomic E-state index is 0.217. The molecule has 1 saturated heterocycles. The van der Waals surface area contributed by atoms with Crippen LogP contribution in [0.2, 0.25) is 5.02 Å². The molecule has 0 radical (unpaired) electrons. The summed E-state index contributed by atoms with van der Waals surface area (Å²) in [5, 5.41) is 43.3. The number of carbonyl (C=O) groups excluding carboxylic acids is 1. The fourth-order valence-electron chi connectivity index (χ4n) is 3.06. The lowest BCUT2D eigenvalue weighted by molar-refractivity contribution is -0.277. The van der Waals surface area contributed by atoms with Crippen molar-refractivity contribution in [3.63, 3.8) is 0 Å². The van der Waals surface area contributed by atoms with Gasteiger partial charge in [-0.05, 0) is 60.5 Å². The quantitative estimate of drug-likeness (QED) is 0.268. The number of carbonyl (C=O) groups is 1. The smallest absolute Gasteiger partial charge is 0.277 e. The second-order valence-corrected chi connectivity index (χ2v) is 7.81. The van der Waals surface area contributed by atoms with Crippen molar-refractivity contribution in [2.45, 2.75) is 37.6 Å². The third-order valence-electron chi connectivity index (χ3n) is 4.88. The number of aryl methyl sites for hydroxylation is 1. The number of rotatable bonds is 8. The highest BCUT2D eigenvalue weighted by molar-refractivity contribution is 6.30. The van der Waals surface area contributed by atoms with Crippen molar-refractivity contribution in [3.8, 4) is 11.5 Å². The molecule has 1 heterocycles. The maximum atomic E-state index is 11.9. The van der Waals surface area contributed by atoms with Crippen molar-refractivity contribution in [1.82, 2.24) is 5.43 Å². The third-order valence-corrected chi connectivity index (χ3v) is 5.11. The Labute approximate surface area is 195 Å². The van der Waals surface area contributed by atoms with Gasteiger partial charge < -0.3 is 34.6 Å². The molecular formula is C22H25ClN2O8. The Balaban J connectivity index is 1.48. The van der Waals surface area contributed by atoms with Crippen LogP contribution in [0.5, 0.6) is 11.5 Å². The number of benzene rings is 2. The predicted molar refractivity (Wildman–Crippen MR) is 118 cm³/mol. The highest BCUT2D eigenvalue weighted by Gasteiger charge is 2.44. The molecule has 178 valence electrons. The average molecular weight is 481 g/mol. The predicted octanol–water partition coefficient (Wildman–Crippen LogP) is 0.356. The van der Waals surface area contributed by atoms with E-state index >= 15 is 0 Å². The van der Waals surface area contributed by atoms with Gasteiger partial charge in [0.1, 0.15) is 35.9 Å². The first-order chi connectivity index (χ1) is 15.8. The summed E-state index contributed by atoms with van der Waals surface area (Å²) in [4.78, 5) is 11.9. The van der Waals surface area contributed by atoms with Crippen LogP contribution < -0.4 is 14.9 Å². The van der Waals surface area contributed by atoms with Gasteiger partial charge in [0.05, 0.1) is 12.8 Å². The number of nitrogens with one attached hydrogen (secondary N) is 1. The van der Waals surface area contributed by atoms with E-state index in [2.05, 4.69) is 10.5 Å². The Kier molecular flexibility index (Phi) is 8.61. The highest BCUT2D eigenvalue weighted by atomic mass is 35.5. The Morgan fingerprint density at radius 3 is 2.55 bits per heavy atom.